The van der Waals surface area contributed by atoms with Crippen LogP contribution in [0.25, 0.3) is 0 Å². The number of nitrogens with one attached hydrogen (secondary N) is 1. The van der Waals surface area contributed by atoms with Crippen LogP contribution in [0.1, 0.15) is 88.8 Å². The minimum atomic E-state index is -1.19. The van der Waals surface area contributed by atoms with Gasteiger partial charge in [-0.15, -0.1) is 0 Å². The molecule has 1 aromatic carbocycles. The third kappa shape index (κ3) is 5.08. The lowest BCUT2D eigenvalue weighted by Gasteiger charge is -2.44. The molecule has 1 aromatic heterocycles. The zero-order valence-electron chi connectivity index (χ0n) is 22.5. The number of nitrogens with zero attached hydrogens (tertiary/aromatic N) is 3. The molecule has 8 heteroatoms. The molecule has 0 saturated heterocycles. The summed E-state index contributed by atoms with van der Waals surface area (Å²) >= 11 is 0. The Morgan fingerprint density at radius 2 is 1.58 bits per heavy atom. The van der Waals surface area contributed by atoms with E-state index in [1.807, 2.05) is 13.0 Å². The third-order valence-corrected chi connectivity index (χ3v) is 7.45. The molecule has 1 atom stereocenters. The van der Waals surface area contributed by atoms with Gasteiger partial charge < -0.3 is 14.8 Å². The van der Waals surface area contributed by atoms with Crippen molar-refractivity contribution in [1.82, 2.24) is 15.1 Å². The number of carbonyl (C=O) groups is 2. The fourth-order valence-electron chi connectivity index (χ4n) is 5.22. The third-order valence-electron chi connectivity index (χ3n) is 7.45. The molecule has 1 unspecified atom stereocenters. The summed E-state index contributed by atoms with van der Waals surface area (Å²) in [4.78, 5) is 29.7. The summed E-state index contributed by atoms with van der Waals surface area (Å²) in [7, 11) is 3.14. The minimum absolute atomic E-state index is 0.107. The van der Waals surface area contributed by atoms with E-state index < -0.39 is 5.54 Å². The Bertz CT molecular complexity index is 1090. The Hall–Kier alpha value is -3.03. The summed E-state index contributed by atoms with van der Waals surface area (Å²) < 4.78 is 12.7. The Balaban J connectivity index is 1.78. The van der Waals surface area contributed by atoms with Gasteiger partial charge in [0.1, 0.15) is 22.7 Å². The second-order valence-corrected chi connectivity index (χ2v) is 11.3. The van der Waals surface area contributed by atoms with Crippen LogP contribution in [0.4, 0.5) is 5.69 Å². The molecule has 1 fully saturated rings. The van der Waals surface area contributed by atoms with Gasteiger partial charge in [-0.05, 0) is 25.8 Å². The Morgan fingerprint density at radius 1 is 1.00 bits per heavy atom. The molecule has 4 rings (SSSR count). The highest BCUT2D eigenvalue weighted by Gasteiger charge is 2.49. The summed E-state index contributed by atoms with van der Waals surface area (Å²) in [6.45, 7) is 8.28. The standard InChI is InChI=1S/C28H40N4O4/c1-27(2,3)24-17-23-25(33)32(20-14-21(35-5)16-22(15-20)36-6)28(4,18-31(23)30-24)26(34)29-19-12-10-8-7-9-11-13-19/h14-17,19H,7-13,18H2,1-6H3,(H,29,34). The molecule has 2 amide bonds. The maximum Gasteiger partial charge on any atom is 0.277 e. The van der Waals surface area contributed by atoms with E-state index in [0.29, 0.717) is 22.9 Å². The lowest BCUT2D eigenvalue weighted by Crippen LogP contribution is -2.65. The number of hydrogen-bond donors (Lipinski definition) is 1. The first-order chi connectivity index (χ1) is 17.1. The SMILES string of the molecule is COc1cc(OC)cc(N2C(=O)c3cc(C(C)(C)C)nn3CC2(C)C(=O)NC2CCCCCCC2)c1. The quantitative estimate of drug-likeness (QED) is 0.640. The number of fused-ring (bicyclic) bond motifs is 1. The molecule has 1 N–H and O–H groups in total. The molecule has 196 valence electrons. The number of benzene rings is 1. The van der Waals surface area contributed by atoms with Crippen LogP contribution in [0, 0.1) is 0 Å². The van der Waals surface area contributed by atoms with Gasteiger partial charge in [-0.3, -0.25) is 19.2 Å². The van der Waals surface area contributed by atoms with Gasteiger partial charge >= 0.3 is 0 Å². The molecule has 0 spiro atoms. The number of amides is 2. The Morgan fingerprint density at radius 3 is 2.14 bits per heavy atom. The molecule has 0 radical (unpaired) electrons. The van der Waals surface area contributed by atoms with Crippen LogP contribution in [0.2, 0.25) is 0 Å². The number of carbonyl (C=O) groups excluding carboxylic acids is 2. The van der Waals surface area contributed by atoms with Crippen LogP contribution in [0.5, 0.6) is 11.5 Å². The van der Waals surface area contributed by atoms with E-state index in [1.165, 1.54) is 19.3 Å². The monoisotopic (exact) mass is 496 g/mol. The molecule has 1 saturated carbocycles. The summed E-state index contributed by atoms with van der Waals surface area (Å²) in [6, 6.07) is 7.26. The van der Waals surface area contributed by atoms with Crippen LogP contribution in [-0.4, -0.2) is 47.4 Å². The lowest BCUT2D eigenvalue weighted by atomic mass is 9.90. The molecule has 2 heterocycles. The first-order valence-electron chi connectivity index (χ1n) is 13.0. The average Bonchev–Trinajstić information content (AvgIpc) is 3.25. The second kappa shape index (κ2) is 10.1. The van der Waals surface area contributed by atoms with Crippen molar-refractivity contribution in [3.05, 3.63) is 35.7 Å². The van der Waals surface area contributed by atoms with E-state index >= 15 is 0 Å². The van der Waals surface area contributed by atoms with E-state index in [1.54, 1.807) is 42.0 Å². The largest absolute Gasteiger partial charge is 0.497 e. The zero-order chi connectivity index (χ0) is 26.1. The van der Waals surface area contributed by atoms with E-state index in [9.17, 15) is 9.59 Å². The highest BCUT2D eigenvalue weighted by atomic mass is 16.5. The molecule has 36 heavy (non-hydrogen) atoms. The predicted molar refractivity (Wildman–Crippen MR) is 140 cm³/mol. The summed E-state index contributed by atoms with van der Waals surface area (Å²) in [5.74, 6) is 0.667. The minimum Gasteiger partial charge on any atom is -0.497 e. The normalized spacial score (nSPS) is 21.4. The van der Waals surface area contributed by atoms with Crippen molar-refractivity contribution in [2.45, 2.75) is 96.2 Å². The Kier molecular flexibility index (Phi) is 7.34. The zero-order valence-corrected chi connectivity index (χ0v) is 22.5. The molecule has 1 aliphatic heterocycles. The van der Waals surface area contributed by atoms with Crippen molar-refractivity contribution in [3.63, 3.8) is 0 Å². The van der Waals surface area contributed by atoms with E-state index in [-0.39, 0.29) is 29.8 Å². The highest BCUT2D eigenvalue weighted by Crippen LogP contribution is 2.38. The van der Waals surface area contributed by atoms with Gasteiger partial charge in [0.15, 0.2) is 0 Å². The lowest BCUT2D eigenvalue weighted by molar-refractivity contribution is -0.127. The molecule has 0 bridgehead atoms. The molecule has 1 aliphatic carbocycles. The van der Waals surface area contributed by atoms with Gasteiger partial charge in [0.2, 0.25) is 5.91 Å². The first-order valence-corrected chi connectivity index (χ1v) is 13.0. The van der Waals surface area contributed by atoms with Crippen molar-refractivity contribution >= 4 is 17.5 Å². The molecular weight excluding hydrogens is 456 g/mol. The summed E-state index contributed by atoms with van der Waals surface area (Å²) in [5.41, 5.74) is 0.421. The van der Waals surface area contributed by atoms with Crippen molar-refractivity contribution in [2.24, 2.45) is 0 Å². The van der Waals surface area contributed by atoms with Crippen molar-refractivity contribution in [2.75, 3.05) is 19.1 Å². The maximum atomic E-state index is 14.1. The summed E-state index contributed by atoms with van der Waals surface area (Å²) in [6.07, 6.45) is 7.80. The van der Waals surface area contributed by atoms with Crippen molar-refractivity contribution < 1.29 is 19.1 Å². The molecule has 2 aliphatic rings. The number of hydrogen-bond acceptors (Lipinski definition) is 5. The van der Waals surface area contributed by atoms with Crippen molar-refractivity contribution in [3.8, 4) is 11.5 Å². The number of anilines is 1. The van der Waals surface area contributed by atoms with Crippen LogP contribution >= 0.6 is 0 Å². The molecule has 2 aromatic rings. The van der Waals surface area contributed by atoms with Crippen molar-refractivity contribution in [1.29, 1.82) is 0 Å². The first kappa shape index (κ1) is 26.0. The number of aromatic nitrogens is 2. The van der Waals surface area contributed by atoms with E-state index in [4.69, 9.17) is 14.6 Å². The van der Waals surface area contributed by atoms with Gasteiger partial charge in [-0.25, -0.2) is 0 Å². The van der Waals surface area contributed by atoms with Crippen LogP contribution < -0.4 is 19.7 Å². The van der Waals surface area contributed by atoms with Crippen LogP contribution in [0.3, 0.4) is 0 Å². The fourth-order valence-corrected chi connectivity index (χ4v) is 5.22. The topological polar surface area (TPSA) is 85.7 Å². The second-order valence-electron chi connectivity index (χ2n) is 11.3. The van der Waals surface area contributed by atoms with Gasteiger partial charge in [-0.2, -0.15) is 5.10 Å². The summed E-state index contributed by atoms with van der Waals surface area (Å²) in [5, 5.41) is 8.07. The van der Waals surface area contributed by atoms with E-state index in [2.05, 4.69) is 26.1 Å². The maximum absolute atomic E-state index is 14.1. The smallest absolute Gasteiger partial charge is 0.277 e. The molecule has 8 nitrogen and oxygen atoms in total. The number of rotatable bonds is 5. The van der Waals surface area contributed by atoms with Gasteiger partial charge in [0.25, 0.3) is 5.91 Å². The Labute approximate surface area is 214 Å². The number of ether oxygens (including phenoxy) is 2. The number of methoxy groups -OCH3 is 2. The van der Waals surface area contributed by atoms with Crippen LogP contribution in [0.15, 0.2) is 24.3 Å². The highest BCUT2D eigenvalue weighted by molar-refractivity contribution is 6.12. The fraction of sp³-hybridized carbons (Fsp3) is 0.607. The van der Waals surface area contributed by atoms with Gasteiger partial charge in [0, 0.05) is 29.7 Å². The molecular formula is C28H40N4O4. The van der Waals surface area contributed by atoms with Gasteiger partial charge in [-0.1, -0.05) is 52.9 Å². The van der Waals surface area contributed by atoms with Gasteiger partial charge in [0.05, 0.1) is 32.1 Å². The average molecular weight is 497 g/mol. The predicted octanol–water partition coefficient (Wildman–Crippen LogP) is 4.85. The van der Waals surface area contributed by atoms with E-state index in [0.717, 1.165) is 31.4 Å². The van der Waals surface area contributed by atoms with Crippen LogP contribution in [-0.2, 0) is 16.8 Å².